The average molecular weight is 505 g/mol. The van der Waals surface area contributed by atoms with Crippen LogP contribution in [0, 0.1) is 0 Å². The first-order valence-corrected chi connectivity index (χ1v) is 14.4. The molecule has 0 heterocycles. The lowest BCUT2D eigenvalue weighted by Gasteiger charge is -2.18. The van der Waals surface area contributed by atoms with Crippen LogP contribution < -0.4 is 0 Å². The van der Waals surface area contributed by atoms with Crippen molar-refractivity contribution in [1.29, 1.82) is 0 Å². The zero-order valence-electron chi connectivity index (χ0n) is 22.1. The van der Waals surface area contributed by atoms with Crippen molar-refractivity contribution >= 4 is 14.1 Å². The van der Waals surface area contributed by atoms with Crippen molar-refractivity contribution in [3.05, 3.63) is 0 Å². The predicted octanol–water partition coefficient (Wildman–Crippen LogP) is 4.84. The van der Waals surface area contributed by atoms with E-state index in [1.165, 1.54) is 116 Å². The fraction of sp³-hybridized carbons (Fsp3) is 0.960. The molecule has 7 nitrogen and oxygen atoms in total. The van der Waals surface area contributed by atoms with Gasteiger partial charge < -0.3 is 27.4 Å². The second kappa shape index (κ2) is 48.9. The van der Waals surface area contributed by atoms with E-state index in [0.29, 0.717) is 7.92 Å². The topological polar surface area (TPSA) is 192 Å². The SMILES string of the molecule is CCCCCCCCP(CCCCCCCC)CCCCCCCC.O.O.O.O.O.O=C=O. The second-order valence-corrected chi connectivity index (χ2v) is 10.9. The molecule has 0 aromatic heterocycles. The van der Waals surface area contributed by atoms with Gasteiger partial charge in [-0.1, -0.05) is 117 Å². The molecule has 0 unspecified atom stereocenters. The van der Waals surface area contributed by atoms with Crippen molar-refractivity contribution in [1.82, 2.24) is 0 Å². The molecule has 8 heteroatoms. The molecule has 0 aliphatic heterocycles. The average Bonchev–Trinajstić information content (AvgIpc) is 2.69. The number of hydrogen-bond donors (Lipinski definition) is 0. The summed E-state index contributed by atoms with van der Waals surface area (Å²) in [6, 6.07) is 0. The van der Waals surface area contributed by atoms with Crippen LogP contribution in [0.3, 0.4) is 0 Å². The minimum Gasteiger partial charge on any atom is -0.412 e. The second-order valence-electron chi connectivity index (χ2n) is 8.23. The Bertz CT molecular complexity index is 277. The van der Waals surface area contributed by atoms with Gasteiger partial charge in [0.2, 0.25) is 0 Å². The zero-order chi connectivity index (χ0) is 21.1. The van der Waals surface area contributed by atoms with E-state index in [-0.39, 0.29) is 33.5 Å². The molecular formula is C25H61O7P. The minimum absolute atomic E-state index is 0. The van der Waals surface area contributed by atoms with Crippen molar-refractivity contribution in [2.45, 2.75) is 136 Å². The van der Waals surface area contributed by atoms with Crippen LogP contribution in [0.4, 0.5) is 0 Å². The van der Waals surface area contributed by atoms with Gasteiger partial charge in [0.15, 0.2) is 0 Å². The standard InChI is InChI=1S/C24H51P.CO2.5H2O/c1-4-7-10-13-16-19-22-25(23-20-17-14-11-8-5-2)24-21-18-15-12-9-6-3;2-1-3;;;;;/h4-24H2,1-3H3;;5*1H2. The molecule has 0 amide bonds. The minimum atomic E-state index is 0. The predicted molar refractivity (Wildman–Crippen MR) is 145 cm³/mol. The summed E-state index contributed by atoms with van der Waals surface area (Å²) < 4.78 is 0. The van der Waals surface area contributed by atoms with Crippen LogP contribution in [-0.2, 0) is 9.59 Å². The Morgan fingerprint density at radius 1 is 0.394 bits per heavy atom. The van der Waals surface area contributed by atoms with E-state index in [9.17, 15) is 0 Å². The maximum Gasteiger partial charge on any atom is 0.373 e. The summed E-state index contributed by atoms with van der Waals surface area (Å²) in [7, 11) is 0.366. The molecule has 0 aliphatic carbocycles. The molecule has 0 aliphatic rings. The monoisotopic (exact) mass is 504 g/mol. The summed E-state index contributed by atoms with van der Waals surface area (Å²) in [5, 5.41) is 0. The molecule has 208 valence electrons. The Morgan fingerprint density at radius 2 is 0.576 bits per heavy atom. The van der Waals surface area contributed by atoms with E-state index in [4.69, 9.17) is 9.59 Å². The van der Waals surface area contributed by atoms with Crippen LogP contribution in [0.5, 0.6) is 0 Å². The Balaban J connectivity index is -0.000000159. The van der Waals surface area contributed by atoms with E-state index in [2.05, 4.69) is 20.8 Å². The molecule has 10 N–H and O–H groups in total. The Morgan fingerprint density at radius 3 is 0.788 bits per heavy atom. The summed E-state index contributed by atoms with van der Waals surface area (Å²) in [6.07, 6.45) is 31.5. The van der Waals surface area contributed by atoms with Gasteiger partial charge in [-0.05, 0) is 37.7 Å². The van der Waals surface area contributed by atoms with Crippen LogP contribution in [0.1, 0.15) is 136 Å². The number of rotatable bonds is 21. The molecule has 0 spiro atoms. The van der Waals surface area contributed by atoms with Crippen molar-refractivity contribution in [2.75, 3.05) is 18.5 Å². The molecule has 33 heavy (non-hydrogen) atoms. The van der Waals surface area contributed by atoms with Gasteiger partial charge in [-0.25, -0.2) is 0 Å². The highest BCUT2D eigenvalue weighted by Crippen LogP contribution is 2.39. The lowest BCUT2D eigenvalue weighted by Crippen LogP contribution is -1.97. The highest BCUT2D eigenvalue weighted by Gasteiger charge is 2.07. The quantitative estimate of drug-likeness (QED) is 0.159. The summed E-state index contributed by atoms with van der Waals surface area (Å²) in [4.78, 5) is 16.2. The highest BCUT2D eigenvalue weighted by atomic mass is 31.1. The van der Waals surface area contributed by atoms with Crippen molar-refractivity contribution in [2.24, 2.45) is 0 Å². The molecule has 0 radical (unpaired) electrons. The highest BCUT2D eigenvalue weighted by molar-refractivity contribution is 7.57. The maximum absolute atomic E-state index is 8.12. The molecule has 0 atom stereocenters. The van der Waals surface area contributed by atoms with Crippen LogP contribution in [-0.4, -0.2) is 52.0 Å². The van der Waals surface area contributed by atoms with Crippen LogP contribution in [0.15, 0.2) is 0 Å². The van der Waals surface area contributed by atoms with Crippen LogP contribution >= 0.6 is 7.92 Å². The maximum atomic E-state index is 8.12. The van der Waals surface area contributed by atoms with Crippen molar-refractivity contribution < 1.29 is 37.0 Å². The van der Waals surface area contributed by atoms with E-state index < -0.39 is 0 Å². The third-order valence-electron chi connectivity index (χ3n) is 5.48. The molecule has 0 rings (SSSR count). The van der Waals surface area contributed by atoms with Gasteiger partial charge in [-0.15, -0.1) is 7.92 Å². The van der Waals surface area contributed by atoms with E-state index in [1.807, 2.05) is 0 Å². The molecule has 0 fully saturated rings. The first-order chi connectivity index (χ1) is 13.8. The smallest absolute Gasteiger partial charge is 0.373 e. The lowest BCUT2D eigenvalue weighted by atomic mass is 10.1. The number of unbranched alkanes of at least 4 members (excludes halogenated alkanes) is 15. The van der Waals surface area contributed by atoms with Gasteiger partial charge in [0.1, 0.15) is 0 Å². The van der Waals surface area contributed by atoms with Gasteiger partial charge in [0, 0.05) is 0 Å². The molecule has 0 aromatic rings. The molecule has 0 bridgehead atoms. The van der Waals surface area contributed by atoms with Gasteiger partial charge in [-0.2, -0.15) is 9.59 Å². The molecule has 0 saturated carbocycles. The molecule has 0 saturated heterocycles. The summed E-state index contributed by atoms with van der Waals surface area (Å²) in [6.45, 7) is 6.96. The van der Waals surface area contributed by atoms with Gasteiger partial charge in [0.25, 0.3) is 0 Å². The Hall–Kier alpha value is -0.390. The number of carbonyl (C=O) groups excluding carboxylic acids is 2. The Kier molecular flexibility index (Phi) is 73.6. The van der Waals surface area contributed by atoms with Crippen molar-refractivity contribution in [3.8, 4) is 0 Å². The van der Waals surface area contributed by atoms with Gasteiger partial charge >= 0.3 is 6.15 Å². The third-order valence-corrected chi connectivity index (χ3v) is 8.33. The van der Waals surface area contributed by atoms with Gasteiger partial charge in [-0.3, -0.25) is 0 Å². The first-order valence-electron chi connectivity index (χ1n) is 12.5. The number of hydrogen-bond acceptors (Lipinski definition) is 2. The van der Waals surface area contributed by atoms with E-state index in [0.717, 1.165) is 0 Å². The Labute approximate surface area is 206 Å². The summed E-state index contributed by atoms with van der Waals surface area (Å²) in [5.41, 5.74) is 0. The molecule has 0 aromatic carbocycles. The van der Waals surface area contributed by atoms with Crippen LogP contribution in [0.25, 0.3) is 0 Å². The zero-order valence-corrected chi connectivity index (χ0v) is 23.0. The first kappa shape index (κ1) is 49.7. The fourth-order valence-corrected chi connectivity index (χ4v) is 6.37. The summed E-state index contributed by atoms with van der Waals surface area (Å²) >= 11 is 0. The normalized spacial score (nSPS) is 8.97. The van der Waals surface area contributed by atoms with E-state index in [1.54, 1.807) is 18.5 Å². The van der Waals surface area contributed by atoms with Crippen LogP contribution in [0.2, 0.25) is 0 Å². The van der Waals surface area contributed by atoms with Gasteiger partial charge in [0.05, 0.1) is 0 Å². The largest absolute Gasteiger partial charge is 0.412 e. The fourth-order valence-electron chi connectivity index (χ4n) is 3.68. The summed E-state index contributed by atoms with van der Waals surface area (Å²) in [5.74, 6) is 0. The molecular weight excluding hydrogens is 443 g/mol. The van der Waals surface area contributed by atoms with E-state index >= 15 is 0 Å². The van der Waals surface area contributed by atoms with Crippen molar-refractivity contribution in [3.63, 3.8) is 0 Å². The third kappa shape index (κ3) is 49.7. The lowest BCUT2D eigenvalue weighted by molar-refractivity contribution is -0.191.